The number of hydrogen-bond acceptors (Lipinski definition) is 2. The third kappa shape index (κ3) is 3.61. The molecule has 0 radical (unpaired) electrons. The number of hydrogen-bond donors (Lipinski definition) is 1. The van der Waals surface area contributed by atoms with Crippen LogP contribution in [0, 0.1) is 6.92 Å². The molecule has 0 spiro atoms. The van der Waals surface area contributed by atoms with Gasteiger partial charge in [-0.15, -0.1) is 0 Å². The zero-order valence-electron chi connectivity index (χ0n) is 10.2. The Morgan fingerprint density at radius 1 is 1.16 bits per heavy atom. The number of aryl methyl sites for hydroxylation is 1. The maximum Gasteiger partial charge on any atom is 0.102 e. The van der Waals surface area contributed by atoms with Crippen molar-refractivity contribution >= 4 is 34.8 Å². The van der Waals surface area contributed by atoms with Crippen molar-refractivity contribution in [3.8, 4) is 0 Å². The van der Waals surface area contributed by atoms with Gasteiger partial charge in [-0.3, -0.25) is 4.98 Å². The quantitative estimate of drug-likeness (QED) is 0.896. The molecule has 0 aliphatic carbocycles. The van der Waals surface area contributed by atoms with Gasteiger partial charge in [-0.1, -0.05) is 46.9 Å². The lowest BCUT2D eigenvalue weighted by atomic mass is 10.0. The highest BCUT2D eigenvalue weighted by molar-refractivity contribution is 6.34. The molecule has 1 heterocycles. The average molecular weight is 317 g/mol. The number of aliphatic hydroxyl groups is 1. The van der Waals surface area contributed by atoms with Crippen molar-refractivity contribution in [1.82, 2.24) is 4.98 Å². The maximum absolute atomic E-state index is 10.2. The van der Waals surface area contributed by atoms with E-state index in [9.17, 15) is 5.11 Å². The lowest BCUT2D eigenvalue weighted by Gasteiger charge is -2.13. The van der Waals surface area contributed by atoms with Crippen LogP contribution in [0.2, 0.25) is 15.1 Å². The van der Waals surface area contributed by atoms with Crippen LogP contribution in [0.15, 0.2) is 30.5 Å². The third-order valence-corrected chi connectivity index (χ3v) is 3.64. The molecular weight excluding hydrogens is 305 g/mol. The van der Waals surface area contributed by atoms with Crippen LogP contribution in [-0.4, -0.2) is 10.1 Å². The summed E-state index contributed by atoms with van der Waals surface area (Å²) in [6.45, 7) is 1.96. The number of nitrogens with zero attached hydrogens (tertiary/aromatic N) is 1. The molecule has 1 aromatic heterocycles. The minimum absolute atomic E-state index is 0.350. The third-order valence-electron chi connectivity index (χ3n) is 2.77. The molecular formula is C14H12Cl3NO. The molecule has 2 rings (SSSR count). The summed E-state index contributed by atoms with van der Waals surface area (Å²) in [4.78, 5) is 4.06. The normalized spacial score (nSPS) is 12.5. The fourth-order valence-corrected chi connectivity index (χ4v) is 2.61. The fourth-order valence-electron chi connectivity index (χ4n) is 1.79. The summed E-state index contributed by atoms with van der Waals surface area (Å²) in [5, 5.41) is 11.6. The molecule has 0 saturated carbocycles. The van der Waals surface area contributed by atoms with Crippen molar-refractivity contribution in [2.75, 3.05) is 0 Å². The summed E-state index contributed by atoms with van der Waals surface area (Å²) in [7, 11) is 0. The Bertz CT molecular complexity index is 601. The molecule has 5 heteroatoms. The summed E-state index contributed by atoms with van der Waals surface area (Å²) in [5.74, 6) is 0. The predicted molar refractivity (Wildman–Crippen MR) is 79.1 cm³/mol. The first-order valence-electron chi connectivity index (χ1n) is 5.71. The summed E-state index contributed by atoms with van der Waals surface area (Å²) in [5.41, 5.74) is 2.33. The van der Waals surface area contributed by atoms with E-state index >= 15 is 0 Å². The SMILES string of the molecule is Cc1ccc(CC(O)c2ncc(Cl)cc2Cl)c(Cl)c1. The van der Waals surface area contributed by atoms with Gasteiger partial charge in [-0.05, 0) is 30.2 Å². The Balaban J connectivity index is 2.23. The molecule has 0 amide bonds. The molecule has 0 bridgehead atoms. The van der Waals surface area contributed by atoms with Gasteiger partial charge in [0.05, 0.1) is 15.7 Å². The van der Waals surface area contributed by atoms with Crippen LogP contribution in [0.1, 0.15) is 22.9 Å². The number of halogens is 3. The first-order valence-corrected chi connectivity index (χ1v) is 6.85. The Morgan fingerprint density at radius 2 is 1.89 bits per heavy atom. The summed E-state index contributed by atoms with van der Waals surface area (Å²) >= 11 is 17.9. The zero-order chi connectivity index (χ0) is 14.0. The van der Waals surface area contributed by atoms with Crippen molar-refractivity contribution in [2.45, 2.75) is 19.4 Å². The fraction of sp³-hybridized carbons (Fsp3) is 0.214. The van der Waals surface area contributed by atoms with Crippen molar-refractivity contribution < 1.29 is 5.11 Å². The number of benzene rings is 1. The number of aromatic nitrogens is 1. The van der Waals surface area contributed by atoms with Crippen LogP contribution in [0.3, 0.4) is 0 Å². The smallest absolute Gasteiger partial charge is 0.102 e. The van der Waals surface area contributed by atoms with E-state index in [1.165, 1.54) is 6.20 Å². The Labute approximate surface area is 127 Å². The summed E-state index contributed by atoms with van der Waals surface area (Å²) < 4.78 is 0. The largest absolute Gasteiger partial charge is 0.386 e. The summed E-state index contributed by atoms with van der Waals surface area (Å²) in [6.07, 6.45) is 1.00. The van der Waals surface area contributed by atoms with Crippen molar-refractivity contribution in [1.29, 1.82) is 0 Å². The molecule has 1 atom stereocenters. The second-order valence-corrected chi connectivity index (χ2v) is 5.59. The molecule has 1 N–H and O–H groups in total. The highest BCUT2D eigenvalue weighted by Gasteiger charge is 2.15. The van der Waals surface area contributed by atoms with Gasteiger partial charge < -0.3 is 5.11 Å². The average Bonchev–Trinajstić information content (AvgIpc) is 2.32. The van der Waals surface area contributed by atoms with Crippen molar-refractivity contribution in [3.05, 3.63) is 62.4 Å². The molecule has 2 aromatic rings. The van der Waals surface area contributed by atoms with Gasteiger partial charge in [0.25, 0.3) is 0 Å². The minimum Gasteiger partial charge on any atom is -0.386 e. The van der Waals surface area contributed by atoms with Gasteiger partial charge >= 0.3 is 0 Å². The van der Waals surface area contributed by atoms with E-state index in [0.29, 0.717) is 27.2 Å². The van der Waals surface area contributed by atoms with Gasteiger partial charge in [0.2, 0.25) is 0 Å². The first kappa shape index (κ1) is 14.6. The zero-order valence-corrected chi connectivity index (χ0v) is 12.5. The van der Waals surface area contributed by atoms with E-state index in [1.54, 1.807) is 6.07 Å². The van der Waals surface area contributed by atoms with Gasteiger partial charge in [0.15, 0.2) is 0 Å². The predicted octanol–water partition coefficient (Wildman–Crippen LogP) is 4.63. The first-order chi connectivity index (χ1) is 8.97. The van der Waals surface area contributed by atoms with Gasteiger partial charge in [-0.25, -0.2) is 0 Å². The second-order valence-electron chi connectivity index (χ2n) is 4.34. The molecule has 0 fully saturated rings. The van der Waals surface area contributed by atoms with E-state index < -0.39 is 6.10 Å². The van der Waals surface area contributed by atoms with E-state index in [4.69, 9.17) is 34.8 Å². The second kappa shape index (κ2) is 6.10. The minimum atomic E-state index is -0.815. The van der Waals surface area contributed by atoms with Crippen LogP contribution in [0.4, 0.5) is 0 Å². The lowest BCUT2D eigenvalue weighted by Crippen LogP contribution is -2.05. The van der Waals surface area contributed by atoms with Gasteiger partial charge in [0.1, 0.15) is 6.10 Å². The Hall–Kier alpha value is -0.800. The monoisotopic (exact) mass is 315 g/mol. The van der Waals surface area contributed by atoms with Crippen molar-refractivity contribution in [3.63, 3.8) is 0 Å². The number of rotatable bonds is 3. The summed E-state index contributed by atoms with van der Waals surface area (Å²) in [6, 6.07) is 7.27. The highest BCUT2D eigenvalue weighted by atomic mass is 35.5. The van der Waals surface area contributed by atoms with E-state index in [-0.39, 0.29) is 0 Å². The molecule has 0 aliphatic heterocycles. The highest BCUT2D eigenvalue weighted by Crippen LogP contribution is 2.28. The molecule has 100 valence electrons. The standard InChI is InChI=1S/C14H12Cl3NO/c1-8-2-3-9(11(16)4-8)5-13(19)14-12(17)6-10(15)7-18-14/h2-4,6-7,13,19H,5H2,1H3. The topological polar surface area (TPSA) is 33.1 Å². The molecule has 0 aliphatic rings. The Morgan fingerprint density at radius 3 is 2.53 bits per heavy atom. The maximum atomic E-state index is 10.2. The van der Waals surface area contributed by atoms with Crippen LogP contribution in [0.25, 0.3) is 0 Å². The molecule has 0 saturated heterocycles. The molecule has 1 aromatic carbocycles. The number of pyridine rings is 1. The lowest BCUT2D eigenvalue weighted by molar-refractivity contribution is 0.174. The van der Waals surface area contributed by atoms with Crippen LogP contribution in [0.5, 0.6) is 0 Å². The van der Waals surface area contributed by atoms with E-state index in [1.807, 2.05) is 25.1 Å². The number of aliphatic hydroxyl groups excluding tert-OH is 1. The van der Waals surface area contributed by atoms with Crippen molar-refractivity contribution in [2.24, 2.45) is 0 Å². The van der Waals surface area contributed by atoms with Crippen LogP contribution in [-0.2, 0) is 6.42 Å². The Kier molecular flexibility index (Phi) is 4.69. The van der Waals surface area contributed by atoms with E-state index in [0.717, 1.165) is 11.1 Å². The molecule has 19 heavy (non-hydrogen) atoms. The van der Waals surface area contributed by atoms with Gasteiger partial charge in [0, 0.05) is 17.6 Å². The van der Waals surface area contributed by atoms with Crippen LogP contribution < -0.4 is 0 Å². The van der Waals surface area contributed by atoms with Crippen LogP contribution >= 0.6 is 34.8 Å². The molecule has 1 unspecified atom stereocenters. The van der Waals surface area contributed by atoms with E-state index in [2.05, 4.69) is 4.98 Å². The van der Waals surface area contributed by atoms with Gasteiger partial charge in [-0.2, -0.15) is 0 Å². The molecule has 2 nitrogen and oxygen atoms in total.